The summed E-state index contributed by atoms with van der Waals surface area (Å²) in [6, 6.07) is 10.1. The summed E-state index contributed by atoms with van der Waals surface area (Å²) in [6.45, 7) is 6.96. The predicted molar refractivity (Wildman–Crippen MR) is 95.0 cm³/mol. The van der Waals surface area contributed by atoms with Gasteiger partial charge in [-0.15, -0.1) is 0 Å². The first-order valence-corrected chi connectivity index (χ1v) is 8.82. The van der Waals surface area contributed by atoms with Gasteiger partial charge >= 0.3 is 0 Å². The van der Waals surface area contributed by atoms with Crippen LogP contribution in [0.5, 0.6) is 0 Å². The third-order valence-corrected chi connectivity index (χ3v) is 4.99. The van der Waals surface area contributed by atoms with Gasteiger partial charge in [-0.2, -0.15) is 5.10 Å². The molecule has 3 aromatic rings. The van der Waals surface area contributed by atoms with Crippen molar-refractivity contribution in [1.82, 2.24) is 25.2 Å². The lowest BCUT2D eigenvalue weighted by Gasteiger charge is -2.31. The number of benzene rings is 1. The van der Waals surface area contributed by atoms with Crippen molar-refractivity contribution in [3.8, 4) is 11.4 Å². The third-order valence-electron chi connectivity index (χ3n) is 4.99. The first-order valence-electron chi connectivity index (χ1n) is 8.82. The molecule has 0 saturated carbocycles. The van der Waals surface area contributed by atoms with E-state index in [1.807, 2.05) is 44.2 Å². The van der Waals surface area contributed by atoms with Crippen LogP contribution in [0, 0.1) is 13.8 Å². The quantitative estimate of drug-likeness (QED) is 0.789. The highest BCUT2D eigenvalue weighted by Crippen LogP contribution is 2.27. The molecule has 25 heavy (non-hydrogen) atoms. The Hall–Kier alpha value is -2.47. The molecule has 1 atom stereocenters. The van der Waals surface area contributed by atoms with E-state index in [-0.39, 0.29) is 0 Å². The molecule has 0 spiro atoms. The van der Waals surface area contributed by atoms with Crippen molar-refractivity contribution >= 4 is 0 Å². The SMILES string of the molecule is Cc1noc(C)c1CN1CCCC(c2nc(-c3ccccc3)n[nH]2)C1. The predicted octanol–water partition coefficient (Wildman–Crippen LogP) is 3.46. The summed E-state index contributed by atoms with van der Waals surface area (Å²) in [5.41, 5.74) is 3.25. The highest BCUT2D eigenvalue weighted by atomic mass is 16.5. The molecule has 3 heterocycles. The first-order chi connectivity index (χ1) is 12.2. The lowest BCUT2D eigenvalue weighted by molar-refractivity contribution is 0.195. The van der Waals surface area contributed by atoms with Gasteiger partial charge in [0.25, 0.3) is 0 Å². The number of hydrogen-bond acceptors (Lipinski definition) is 5. The van der Waals surface area contributed by atoms with Gasteiger partial charge in [-0.25, -0.2) is 4.98 Å². The van der Waals surface area contributed by atoms with E-state index < -0.39 is 0 Å². The Bertz CT molecular complexity index is 819. The fourth-order valence-corrected chi connectivity index (χ4v) is 3.55. The normalized spacial score (nSPS) is 18.6. The second-order valence-electron chi connectivity index (χ2n) is 6.79. The Balaban J connectivity index is 1.47. The summed E-state index contributed by atoms with van der Waals surface area (Å²) in [6.07, 6.45) is 2.30. The largest absolute Gasteiger partial charge is 0.361 e. The van der Waals surface area contributed by atoms with E-state index in [0.717, 1.165) is 61.1 Å². The summed E-state index contributed by atoms with van der Waals surface area (Å²) in [5.74, 6) is 3.07. The third kappa shape index (κ3) is 3.35. The highest BCUT2D eigenvalue weighted by molar-refractivity contribution is 5.53. The Morgan fingerprint density at radius 2 is 2.08 bits per heavy atom. The van der Waals surface area contributed by atoms with Crippen LogP contribution in [-0.4, -0.2) is 38.3 Å². The number of nitrogens with zero attached hydrogens (tertiary/aromatic N) is 4. The van der Waals surface area contributed by atoms with E-state index in [0.29, 0.717) is 5.92 Å². The van der Waals surface area contributed by atoms with E-state index in [4.69, 9.17) is 9.51 Å². The summed E-state index contributed by atoms with van der Waals surface area (Å²) >= 11 is 0. The monoisotopic (exact) mass is 337 g/mol. The average Bonchev–Trinajstić information content (AvgIpc) is 3.26. The lowest BCUT2D eigenvalue weighted by atomic mass is 9.97. The minimum absolute atomic E-state index is 0.388. The molecule has 0 aliphatic carbocycles. The molecular weight excluding hydrogens is 314 g/mol. The van der Waals surface area contributed by atoms with Crippen molar-refractivity contribution in [2.24, 2.45) is 0 Å². The average molecular weight is 337 g/mol. The molecule has 0 bridgehead atoms. The van der Waals surface area contributed by atoms with E-state index >= 15 is 0 Å². The standard InChI is InChI=1S/C19H23N5O/c1-13-17(14(2)25-23-13)12-24-10-6-9-16(11-24)19-20-18(21-22-19)15-7-4-3-5-8-15/h3-5,7-8,16H,6,9-12H2,1-2H3,(H,20,21,22). The molecule has 1 N–H and O–H groups in total. The van der Waals surface area contributed by atoms with Gasteiger partial charge in [0.15, 0.2) is 5.82 Å². The summed E-state index contributed by atoms with van der Waals surface area (Å²) < 4.78 is 5.30. The molecular formula is C19H23N5O. The number of nitrogens with one attached hydrogen (secondary N) is 1. The molecule has 2 aromatic heterocycles. The number of hydrogen-bond donors (Lipinski definition) is 1. The van der Waals surface area contributed by atoms with Gasteiger partial charge in [0.05, 0.1) is 5.69 Å². The highest BCUT2D eigenvalue weighted by Gasteiger charge is 2.25. The zero-order chi connectivity index (χ0) is 17.2. The zero-order valence-electron chi connectivity index (χ0n) is 14.7. The van der Waals surface area contributed by atoms with Gasteiger partial charge in [-0.05, 0) is 33.2 Å². The molecule has 1 aliphatic rings. The molecule has 4 rings (SSSR count). The summed E-state index contributed by atoms with van der Waals surface area (Å²) in [5, 5.41) is 11.6. The van der Waals surface area contributed by atoms with Crippen molar-refractivity contribution in [2.45, 2.75) is 39.2 Å². The molecule has 0 radical (unpaired) electrons. The number of aryl methyl sites for hydroxylation is 2. The van der Waals surface area contributed by atoms with Crippen LogP contribution in [0.4, 0.5) is 0 Å². The van der Waals surface area contributed by atoms with Gasteiger partial charge in [0.1, 0.15) is 11.6 Å². The summed E-state index contributed by atoms with van der Waals surface area (Å²) in [4.78, 5) is 7.21. The molecule has 1 aromatic carbocycles. The smallest absolute Gasteiger partial charge is 0.181 e. The van der Waals surface area contributed by atoms with Crippen LogP contribution in [0.1, 0.15) is 41.6 Å². The fraction of sp³-hybridized carbons (Fsp3) is 0.421. The minimum Gasteiger partial charge on any atom is -0.361 e. The van der Waals surface area contributed by atoms with Crippen LogP contribution in [0.15, 0.2) is 34.9 Å². The second-order valence-corrected chi connectivity index (χ2v) is 6.79. The Morgan fingerprint density at radius 1 is 1.24 bits per heavy atom. The topological polar surface area (TPSA) is 70.8 Å². The van der Waals surface area contributed by atoms with Crippen molar-refractivity contribution in [2.75, 3.05) is 13.1 Å². The van der Waals surface area contributed by atoms with E-state index in [1.54, 1.807) is 0 Å². The number of likely N-dealkylation sites (tertiary alicyclic amines) is 1. The number of piperidine rings is 1. The number of H-pyrrole nitrogens is 1. The van der Waals surface area contributed by atoms with E-state index in [2.05, 4.69) is 20.3 Å². The second kappa shape index (κ2) is 6.80. The molecule has 0 amide bonds. The maximum Gasteiger partial charge on any atom is 0.181 e. The van der Waals surface area contributed by atoms with Crippen molar-refractivity contribution in [3.63, 3.8) is 0 Å². The molecule has 1 unspecified atom stereocenters. The van der Waals surface area contributed by atoms with Gasteiger partial charge in [0.2, 0.25) is 0 Å². The van der Waals surface area contributed by atoms with Crippen LogP contribution < -0.4 is 0 Å². The van der Waals surface area contributed by atoms with Gasteiger partial charge in [0, 0.05) is 30.1 Å². The Morgan fingerprint density at radius 3 is 2.84 bits per heavy atom. The van der Waals surface area contributed by atoms with E-state index in [9.17, 15) is 0 Å². The Kier molecular flexibility index (Phi) is 4.36. The van der Waals surface area contributed by atoms with Crippen molar-refractivity contribution in [1.29, 1.82) is 0 Å². The Labute approximate surface area is 147 Å². The van der Waals surface area contributed by atoms with Crippen LogP contribution in [0.3, 0.4) is 0 Å². The maximum atomic E-state index is 5.30. The zero-order valence-corrected chi connectivity index (χ0v) is 14.7. The molecule has 1 fully saturated rings. The molecule has 1 aliphatic heterocycles. The molecule has 130 valence electrons. The van der Waals surface area contributed by atoms with Crippen LogP contribution >= 0.6 is 0 Å². The minimum atomic E-state index is 0.388. The van der Waals surface area contributed by atoms with Crippen molar-refractivity contribution in [3.05, 3.63) is 53.2 Å². The summed E-state index contributed by atoms with van der Waals surface area (Å²) in [7, 11) is 0. The molecule has 6 heteroatoms. The number of aromatic amines is 1. The van der Waals surface area contributed by atoms with Crippen molar-refractivity contribution < 1.29 is 4.52 Å². The van der Waals surface area contributed by atoms with E-state index in [1.165, 1.54) is 5.56 Å². The van der Waals surface area contributed by atoms with Crippen LogP contribution in [0.25, 0.3) is 11.4 Å². The molecule has 1 saturated heterocycles. The van der Waals surface area contributed by atoms with Gasteiger partial charge < -0.3 is 4.52 Å². The maximum absolute atomic E-state index is 5.30. The first kappa shape index (κ1) is 16.0. The lowest BCUT2D eigenvalue weighted by Crippen LogP contribution is -2.34. The van der Waals surface area contributed by atoms with Gasteiger partial charge in [-0.3, -0.25) is 10.00 Å². The van der Waals surface area contributed by atoms with Gasteiger partial charge in [-0.1, -0.05) is 35.5 Å². The van der Waals surface area contributed by atoms with Crippen LogP contribution in [0.2, 0.25) is 0 Å². The number of aromatic nitrogens is 4. The number of rotatable bonds is 4. The van der Waals surface area contributed by atoms with Crippen LogP contribution in [-0.2, 0) is 6.54 Å². The molecule has 6 nitrogen and oxygen atoms in total. The fourth-order valence-electron chi connectivity index (χ4n) is 3.55.